The molecule has 210 valence electrons. The van der Waals surface area contributed by atoms with Crippen molar-refractivity contribution in [3.8, 4) is 0 Å². The molecule has 1 aliphatic heterocycles. The van der Waals surface area contributed by atoms with E-state index in [0.717, 1.165) is 48.2 Å². The minimum absolute atomic E-state index is 0.0112. The number of aliphatic carboxylic acids is 3. The van der Waals surface area contributed by atoms with E-state index >= 15 is 0 Å². The van der Waals surface area contributed by atoms with Crippen LogP contribution >= 0.6 is 0 Å². The van der Waals surface area contributed by atoms with Crippen LogP contribution in [0.1, 0.15) is 56.7 Å². The number of carboxylic acids is 3. The van der Waals surface area contributed by atoms with E-state index in [1.54, 1.807) is 6.07 Å². The van der Waals surface area contributed by atoms with E-state index < -0.39 is 36.4 Å². The molecule has 0 spiro atoms. The highest BCUT2D eigenvalue weighted by Gasteiger charge is 2.40. The normalized spacial score (nSPS) is 14.8. The number of aromatic amines is 1. The molecule has 2 heterocycles. The molecule has 1 atom stereocenters. The van der Waals surface area contributed by atoms with Gasteiger partial charge in [-0.25, -0.2) is 9.18 Å². The summed E-state index contributed by atoms with van der Waals surface area (Å²) in [5.74, 6) is -5.28. The molecule has 1 amide bonds. The molecule has 1 saturated heterocycles. The Hall–Kier alpha value is -3.51. The Balaban J connectivity index is 0.000000332. The summed E-state index contributed by atoms with van der Waals surface area (Å²) in [4.78, 5) is 48.7. The molecule has 12 heteroatoms. The van der Waals surface area contributed by atoms with Crippen LogP contribution in [0.3, 0.4) is 0 Å². The lowest BCUT2D eigenvalue weighted by Gasteiger charge is -2.30. The number of carbonyl (C=O) groups is 4. The summed E-state index contributed by atoms with van der Waals surface area (Å²) in [6.45, 7) is 7.23. The lowest BCUT2D eigenvalue weighted by molar-refractivity contribution is -0.170. The lowest BCUT2D eigenvalue weighted by atomic mass is 9.96. The Morgan fingerprint density at radius 1 is 1.08 bits per heavy atom. The van der Waals surface area contributed by atoms with Gasteiger partial charge in [0.15, 0.2) is 5.60 Å². The molecule has 3 rings (SSSR count). The van der Waals surface area contributed by atoms with Crippen LogP contribution in [0.5, 0.6) is 0 Å². The van der Waals surface area contributed by atoms with Gasteiger partial charge < -0.3 is 35.6 Å². The van der Waals surface area contributed by atoms with E-state index in [1.807, 2.05) is 6.92 Å². The standard InChI is InChI=1S/C20H28FN3O.C6H8O7/c1-3-16(13-24-9-5-4-6-10-24)23-20(25)12-17-14(2)22-19-8-7-15(21)11-18(17)19;7-3(8)1-6(13,5(11)12)2-4(9)10/h7-8,11,16,22H,3-6,9-10,12-13H2,1-2H3,(H,23,25);13H,1-2H2,(H,7,8)(H,9,10)(H,11,12). The largest absolute Gasteiger partial charge is 0.481 e. The summed E-state index contributed by atoms with van der Waals surface area (Å²) >= 11 is 0. The fourth-order valence-corrected chi connectivity index (χ4v) is 4.47. The van der Waals surface area contributed by atoms with Crippen molar-refractivity contribution in [2.24, 2.45) is 0 Å². The van der Waals surface area contributed by atoms with E-state index in [2.05, 4.69) is 22.1 Å². The van der Waals surface area contributed by atoms with E-state index in [-0.39, 0.29) is 24.2 Å². The van der Waals surface area contributed by atoms with Crippen molar-refractivity contribution in [1.29, 1.82) is 0 Å². The Morgan fingerprint density at radius 2 is 1.68 bits per heavy atom. The molecule has 0 bridgehead atoms. The lowest BCUT2D eigenvalue weighted by Crippen LogP contribution is -2.45. The van der Waals surface area contributed by atoms with Crippen LogP contribution in [-0.4, -0.2) is 85.4 Å². The highest BCUT2D eigenvalue weighted by Crippen LogP contribution is 2.23. The molecule has 0 aliphatic carbocycles. The first kappa shape index (κ1) is 30.7. The average Bonchev–Trinajstić information content (AvgIpc) is 3.12. The average molecular weight is 538 g/mol. The first-order valence-electron chi connectivity index (χ1n) is 12.5. The third-order valence-corrected chi connectivity index (χ3v) is 6.49. The number of fused-ring (bicyclic) bond motifs is 1. The second-order valence-electron chi connectivity index (χ2n) is 9.61. The van der Waals surface area contributed by atoms with Gasteiger partial charge in [-0.3, -0.25) is 14.4 Å². The number of hydrogen-bond acceptors (Lipinski definition) is 6. The quantitative estimate of drug-likeness (QED) is 0.251. The first-order valence-corrected chi connectivity index (χ1v) is 12.5. The number of aryl methyl sites for hydroxylation is 1. The molecule has 1 fully saturated rings. The number of halogens is 1. The number of nitrogens with one attached hydrogen (secondary N) is 2. The monoisotopic (exact) mass is 537 g/mol. The smallest absolute Gasteiger partial charge is 0.336 e. The van der Waals surface area contributed by atoms with Crippen LogP contribution in [0.4, 0.5) is 4.39 Å². The number of nitrogens with zero attached hydrogens (tertiary/aromatic N) is 1. The van der Waals surface area contributed by atoms with Gasteiger partial charge in [-0.1, -0.05) is 13.3 Å². The van der Waals surface area contributed by atoms with Crippen molar-refractivity contribution in [2.75, 3.05) is 19.6 Å². The highest BCUT2D eigenvalue weighted by atomic mass is 19.1. The van der Waals surface area contributed by atoms with Crippen molar-refractivity contribution in [3.05, 3.63) is 35.3 Å². The van der Waals surface area contributed by atoms with E-state index in [0.29, 0.717) is 0 Å². The zero-order valence-corrected chi connectivity index (χ0v) is 21.6. The van der Waals surface area contributed by atoms with Gasteiger partial charge in [-0.15, -0.1) is 0 Å². The zero-order chi connectivity index (χ0) is 28.5. The van der Waals surface area contributed by atoms with Crippen molar-refractivity contribution in [1.82, 2.24) is 15.2 Å². The summed E-state index contributed by atoms with van der Waals surface area (Å²) in [7, 11) is 0. The van der Waals surface area contributed by atoms with Gasteiger partial charge in [0, 0.05) is 29.2 Å². The van der Waals surface area contributed by atoms with Crippen LogP contribution in [-0.2, 0) is 25.6 Å². The predicted octanol–water partition coefficient (Wildman–Crippen LogP) is 2.29. The first-order chi connectivity index (χ1) is 17.8. The minimum atomic E-state index is -2.74. The van der Waals surface area contributed by atoms with E-state index in [9.17, 15) is 23.6 Å². The van der Waals surface area contributed by atoms with Gasteiger partial charge in [0.2, 0.25) is 5.91 Å². The van der Waals surface area contributed by atoms with Gasteiger partial charge >= 0.3 is 17.9 Å². The summed E-state index contributed by atoms with van der Waals surface area (Å²) in [6, 6.07) is 4.85. The maximum absolute atomic E-state index is 13.6. The Kier molecular flexibility index (Phi) is 11.2. The fraction of sp³-hybridized carbons (Fsp3) is 0.538. The number of carbonyl (C=O) groups excluding carboxylic acids is 1. The molecule has 1 unspecified atom stereocenters. The molecule has 2 aromatic rings. The number of hydrogen-bond donors (Lipinski definition) is 6. The molecule has 0 saturated carbocycles. The van der Waals surface area contributed by atoms with Crippen molar-refractivity contribution in [2.45, 2.75) is 70.4 Å². The van der Waals surface area contributed by atoms with Crippen molar-refractivity contribution >= 4 is 34.7 Å². The SMILES string of the molecule is CCC(CN1CCCCC1)NC(=O)Cc1c(C)[nH]c2ccc(F)cc12.O=C(O)CC(O)(CC(=O)O)C(=O)O. The van der Waals surface area contributed by atoms with Gasteiger partial charge in [-0.05, 0) is 63.0 Å². The maximum atomic E-state index is 13.6. The Morgan fingerprint density at radius 3 is 2.21 bits per heavy atom. The summed E-state index contributed by atoms with van der Waals surface area (Å²) < 4.78 is 13.6. The number of carboxylic acid groups (broad SMARTS) is 3. The second kappa shape index (κ2) is 13.9. The van der Waals surface area contributed by atoms with E-state index in [4.69, 9.17) is 20.4 Å². The molecular formula is C26H36FN3O8. The number of amides is 1. The van der Waals surface area contributed by atoms with Gasteiger partial charge in [0.05, 0.1) is 19.3 Å². The summed E-state index contributed by atoms with van der Waals surface area (Å²) in [5, 5.41) is 37.8. The van der Waals surface area contributed by atoms with Crippen LogP contribution in [0, 0.1) is 12.7 Å². The minimum Gasteiger partial charge on any atom is -0.481 e. The maximum Gasteiger partial charge on any atom is 0.336 e. The number of likely N-dealkylation sites (tertiary alicyclic amines) is 1. The third kappa shape index (κ3) is 9.10. The molecule has 38 heavy (non-hydrogen) atoms. The van der Waals surface area contributed by atoms with Gasteiger partial charge in [0.25, 0.3) is 0 Å². The van der Waals surface area contributed by atoms with Gasteiger partial charge in [-0.2, -0.15) is 0 Å². The Labute approximate surface area is 219 Å². The van der Waals surface area contributed by atoms with Crippen LogP contribution in [0.15, 0.2) is 18.2 Å². The van der Waals surface area contributed by atoms with Crippen LogP contribution in [0.2, 0.25) is 0 Å². The number of benzene rings is 1. The molecule has 0 radical (unpaired) electrons. The van der Waals surface area contributed by atoms with Crippen molar-refractivity contribution in [3.63, 3.8) is 0 Å². The van der Waals surface area contributed by atoms with Gasteiger partial charge in [0.1, 0.15) is 5.82 Å². The zero-order valence-electron chi connectivity index (χ0n) is 21.6. The second-order valence-corrected chi connectivity index (χ2v) is 9.61. The number of aromatic nitrogens is 1. The molecule has 1 aliphatic rings. The fourth-order valence-electron chi connectivity index (χ4n) is 4.47. The van der Waals surface area contributed by atoms with Crippen LogP contribution < -0.4 is 5.32 Å². The molecule has 11 nitrogen and oxygen atoms in total. The molecular weight excluding hydrogens is 501 g/mol. The Bertz CT molecular complexity index is 1130. The predicted molar refractivity (Wildman–Crippen MR) is 136 cm³/mol. The molecule has 1 aromatic heterocycles. The summed E-state index contributed by atoms with van der Waals surface area (Å²) in [6.07, 6.45) is 2.74. The number of H-pyrrole nitrogens is 1. The molecule has 6 N–H and O–H groups in total. The van der Waals surface area contributed by atoms with Crippen molar-refractivity contribution < 1.29 is 44.0 Å². The topological polar surface area (TPSA) is 180 Å². The number of aliphatic hydroxyl groups is 1. The number of rotatable bonds is 11. The highest BCUT2D eigenvalue weighted by molar-refractivity contribution is 5.90. The summed E-state index contributed by atoms with van der Waals surface area (Å²) in [5.41, 5.74) is -0.0424. The number of piperidine rings is 1. The van der Waals surface area contributed by atoms with Crippen LogP contribution in [0.25, 0.3) is 10.9 Å². The third-order valence-electron chi connectivity index (χ3n) is 6.49. The molecule has 1 aromatic carbocycles. The van der Waals surface area contributed by atoms with E-state index in [1.165, 1.54) is 31.4 Å².